The molecule has 2 aromatic rings. The van der Waals surface area contributed by atoms with Crippen LogP contribution in [0.4, 0.5) is 5.69 Å². The minimum Gasteiger partial charge on any atom is -0.491 e. The number of carbonyl (C=O) groups excluding carboxylic acids is 1. The van der Waals surface area contributed by atoms with Gasteiger partial charge in [-0.3, -0.25) is 9.69 Å². The van der Waals surface area contributed by atoms with Crippen LogP contribution >= 0.6 is 0 Å². The molecule has 1 saturated heterocycles. The molecule has 1 aliphatic heterocycles. The van der Waals surface area contributed by atoms with Gasteiger partial charge in [-0.05, 0) is 76.5 Å². The third-order valence-corrected chi connectivity index (χ3v) is 4.98. The van der Waals surface area contributed by atoms with Crippen LogP contribution in [0.1, 0.15) is 37.8 Å². The summed E-state index contributed by atoms with van der Waals surface area (Å²) in [5.41, 5.74) is 3.46. The average molecular weight is 367 g/mol. The van der Waals surface area contributed by atoms with Crippen molar-refractivity contribution in [2.24, 2.45) is 5.92 Å². The fourth-order valence-electron chi connectivity index (χ4n) is 3.44. The van der Waals surface area contributed by atoms with Gasteiger partial charge < -0.3 is 10.1 Å². The maximum absolute atomic E-state index is 12.6. The molecule has 0 spiro atoms. The Kier molecular flexibility index (Phi) is 6.51. The molecule has 4 nitrogen and oxygen atoms in total. The van der Waals surface area contributed by atoms with Gasteiger partial charge in [0.2, 0.25) is 5.91 Å². The van der Waals surface area contributed by atoms with Gasteiger partial charge in [0.15, 0.2) is 0 Å². The number of nitrogens with zero attached hydrogens (tertiary/aromatic N) is 1. The molecule has 1 N–H and O–H groups in total. The van der Waals surface area contributed by atoms with Crippen LogP contribution in [-0.4, -0.2) is 30.0 Å². The second-order valence-electron chi connectivity index (χ2n) is 7.72. The summed E-state index contributed by atoms with van der Waals surface area (Å²) in [6.07, 6.45) is 1.97. The second-order valence-corrected chi connectivity index (χ2v) is 7.72. The van der Waals surface area contributed by atoms with E-state index in [-0.39, 0.29) is 17.9 Å². The molecular formula is C23H30N2O2. The van der Waals surface area contributed by atoms with Crippen molar-refractivity contribution in [3.8, 4) is 5.75 Å². The van der Waals surface area contributed by atoms with Gasteiger partial charge in [-0.2, -0.15) is 0 Å². The first-order valence-corrected chi connectivity index (χ1v) is 9.85. The Bertz CT molecular complexity index is 730. The summed E-state index contributed by atoms with van der Waals surface area (Å²) in [6, 6.07) is 16.3. The van der Waals surface area contributed by atoms with E-state index >= 15 is 0 Å². The van der Waals surface area contributed by atoms with Crippen LogP contribution in [-0.2, 0) is 11.3 Å². The van der Waals surface area contributed by atoms with E-state index < -0.39 is 0 Å². The van der Waals surface area contributed by atoms with E-state index in [1.807, 2.05) is 38.1 Å². The van der Waals surface area contributed by atoms with E-state index in [0.717, 1.165) is 43.9 Å². The second kappa shape index (κ2) is 9.05. The van der Waals surface area contributed by atoms with Crippen molar-refractivity contribution in [1.29, 1.82) is 0 Å². The molecule has 1 fully saturated rings. The monoisotopic (exact) mass is 366 g/mol. The van der Waals surface area contributed by atoms with Crippen molar-refractivity contribution >= 4 is 11.6 Å². The molecule has 2 aromatic carbocycles. The van der Waals surface area contributed by atoms with Crippen LogP contribution in [0.3, 0.4) is 0 Å². The number of hydrogen-bond acceptors (Lipinski definition) is 3. The maximum Gasteiger partial charge on any atom is 0.227 e. The molecule has 0 aromatic heterocycles. The highest BCUT2D eigenvalue weighted by atomic mass is 16.5. The molecule has 0 bridgehead atoms. The van der Waals surface area contributed by atoms with E-state index in [1.165, 1.54) is 11.1 Å². The number of benzene rings is 2. The zero-order chi connectivity index (χ0) is 19.2. The molecule has 0 atom stereocenters. The van der Waals surface area contributed by atoms with Crippen LogP contribution in [0.5, 0.6) is 5.75 Å². The number of aryl methyl sites for hydroxylation is 1. The topological polar surface area (TPSA) is 41.6 Å². The molecule has 144 valence electrons. The van der Waals surface area contributed by atoms with Crippen molar-refractivity contribution in [2.45, 2.75) is 46.3 Å². The number of ether oxygens (including phenoxy) is 1. The van der Waals surface area contributed by atoms with Gasteiger partial charge in [-0.15, -0.1) is 0 Å². The van der Waals surface area contributed by atoms with Gasteiger partial charge in [0.25, 0.3) is 0 Å². The molecule has 0 aliphatic carbocycles. The quantitative estimate of drug-likeness (QED) is 0.810. The predicted octanol–water partition coefficient (Wildman–Crippen LogP) is 4.63. The number of hydrogen-bond donors (Lipinski definition) is 1. The summed E-state index contributed by atoms with van der Waals surface area (Å²) in [6.45, 7) is 9.01. The first kappa shape index (κ1) is 19.4. The molecule has 4 heteroatoms. The molecule has 3 rings (SSSR count). The van der Waals surface area contributed by atoms with E-state index in [1.54, 1.807) is 0 Å². The van der Waals surface area contributed by atoms with Crippen LogP contribution in [0.15, 0.2) is 48.5 Å². The smallest absolute Gasteiger partial charge is 0.227 e. The first-order chi connectivity index (χ1) is 13.0. The fraction of sp³-hybridized carbons (Fsp3) is 0.435. The Balaban J connectivity index is 1.46. The summed E-state index contributed by atoms with van der Waals surface area (Å²) in [5.74, 6) is 1.04. The number of piperidine rings is 1. The van der Waals surface area contributed by atoms with Crippen molar-refractivity contribution < 1.29 is 9.53 Å². The number of nitrogens with one attached hydrogen (secondary N) is 1. The molecule has 0 unspecified atom stereocenters. The number of likely N-dealkylation sites (tertiary alicyclic amines) is 1. The first-order valence-electron chi connectivity index (χ1n) is 9.85. The zero-order valence-corrected chi connectivity index (χ0v) is 16.6. The van der Waals surface area contributed by atoms with Crippen molar-refractivity contribution in [3.63, 3.8) is 0 Å². The van der Waals surface area contributed by atoms with Crippen molar-refractivity contribution in [1.82, 2.24) is 4.90 Å². The maximum atomic E-state index is 12.6. The number of anilines is 1. The highest BCUT2D eigenvalue weighted by Crippen LogP contribution is 2.22. The van der Waals surface area contributed by atoms with Gasteiger partial charge in [-0.1, -0.05) is 29.8 Å². The Morgan fingerprint density at radius 1 is 1.07 bits per heavy atom. The SMILES string of the molecule is Cc1ccc(CN2CCC(C(=O)Nc3ccc(OC(C)C)cc3)CC2)cc1. The molecule has 1 aliphatic rings. The largest absolute Gasteiger partial charge is 0.491 e. The van der Waals surface area contributed by atoms with Gasteiger partial charge >= 0.3 is 0 Å². The van der Waals surface area contributed by atoms with Gasteiger partial charge in [0.1, 0.15) is 5.75 Å². The number of carbonyl (C=O) groups is 1. The summed E-state index contributed by atoms with van der Waals surface area (Å²) >= 11 is 0. The van der Waals surface area contributed by atoms with Crippen LogP contribution < -0.4 is 10.1 Å². The molecule has 0 saturated carbocycles. The summed E-state index contributed by atoms with van der Waals surface area (Å²) < 4.78 is 5.64. The molecule has 0 radical (unpaired) electrons. The van der Waals surface area contributed by atoms with E-state index in [9.17, 15) is 4.79 Å². The fourth-order valence-corrected chi connectivity index (χ4v) is 3.44. The highest BCUT2D eigenvalue weighted by Gasteiger charge is 2.25. The van der Waals surface area contributed by atoms with Crippen molar-refractivity contribution in [3.05, 3.63) is 59.7 Å². The summed E-state index contributed by atoms with van der Waals surface area (Å²) in [7, 11) is 0. The predicted molar refractivity (Wildman–Crippen MR) is 110 cm³/mol. The average Bonchev–Trinajstić information content (AvgIpc) is 2.65. The van der Waals surface area contributed by atoms with Crippen LogP contribution in [0, 0.1) is 12.8 Å². The lowest BCUT2D eigenvalue weighted by molar-refractivity contribution is -0.121. The molecular weight excluding hydrogens is 336 g/mol. The zero-order valence-electron chi connectivity index (χ0n) is 16.6. The van der Waals surface area contributed by atoms with E-state index in [4.69, 9.17) is 4.74 Å². The van der Waals surface area contributed by atoms with Gasteiger partial charge in [-0.25, -0.2) is 0 Å². The van der Waals surface area contributed by atoms with Crippen molar-refractivity contribution in [2.75, 3.05) is 18.4 Å². The normalized spacial score (nSPS) is 15.7. The molecule has 1 amide bonds. The van der Waals surface area contributed by atoms with Crippen LogP contribution in [0.2, 0.25) is 0 Å². The third-order valence-electron chi connectivity index (χ3n) is 4.98. The lowest BCUT2D eigenvalue weighted by Gasteiger charge is -2.31. The lowest BCUT2D eigenvalue weighted by atomic mass is 9.95. The number of amides is 1. The summed E-state index contributed by atoms with van der Waals surface area (Å²) in [5, 5.41) is 3.05. The minimum atomic E-state index is 0.0888. The highest BCUT2D eigenvalue weighted by molar-refractivity contribution is 5.92. The minimum absolute atomic E-state index is 0.0888. The van der Waals surface area contributed by atoms with Gasteiger partial charge in [0.05, 0.1) is 6.10 Å². The third kappa shape index (κ3) is 5.83. The Labute approximate surface area is 162 Å². The van der Waals surface area contributed by atoms with Crippen LogP contribution in [0.25, 0.3) is 0 Å². The standard InChI is InChI=1S/C23H30N2O2/c1-17(2)27-22-10-8-21(9-11-22)24-23(26)20-12-14-25(15-13-20)16-19-6-4-18(3)5-7-19/h4-11,17,20H,12-16H2,1-3H3,(H,24,26). The molecule has 27 heavy (non-hydrogen) atoms. The Morgan fingerprint density at radius 3 is 2.30 bits per heavy atom. The van der Waals surface area contributed by atoms with E-state index in [0.29, 0.717) is 0 Å². The Morgan fingerprint density at radius 2 is 1.70 bits per heavy atom. The number of rotatable bonds is 6. The lowest BCUT2D eigenvalue weighted by Crippen LogP contribution is -2.37. The summed E-state index contributed by atoms with van der Waals surface area (Å²) in [4.78, 5) is 15.0. The Hall–Kier alpha value is -2.33. The van der Waals surface area contributed by atoms with E-state index in [2.05, 4.69) is 41.4 Å². The molecule has 1 heterocycles. The van der Waals surface area contributed by atoms with Gasteiger partial charge in [0, 0.05) is 18.2 Å².